The summed E-state index contributed by atoms with van der Waals surface area (Å²) in [6.45, 7) is 1.97. The first-order valence-corrected chi connectivity index (χ1v) is 13.9. The van der Waals surface area contributed by atoms with Crippen LogP contribution in [-0.4, -0.2) is 78.0 Å². The van der Waals surface area contributed by atoms with Gasteiger partial charge in [-0.05, 0) is 70.2 Å². The Hall–Kier alpha value is -3.13. The summed E-state index contributed by atoms with van der Waals surface area (Å²) in [6.07, 6.45) is 9.50. The van der Waals surface area contributed by atoms with Gasteiger partial charge >= 0.3 is 6.03 Å². The lowest BCUT2D eigenvalue weighted by molar-refractivity contribution is -0.116. The zero-order valence-electron chi connectivity index (χ0n) is 23.0. The molecule has 0 radical (unpaired) electrons. The minimum Gasteiger partial charge on any atom is -0.481 e. The van der Waals surface area contributed by atoms with Crippen molar-refractivity contribution in [3.63, 3.8) is 0 Å². The van der Waals surface area contributed by atoms with Crippen LogP contribution in [-0.2, 0) is 10.3 Å². The molecule has 1 spiro atoms. The van der Waals surface area contributed by atoms with Crippen molar-refractivity contribution in [2.45, 2.75) is 62.4 Å². The van der Waals surface area contributed by atoms with E-state index in [-0.39, 0.29) is 29.4 Å². The van der Waals surface area contributed by atoms with Crippen LogP contribution >= 0.6 is 0 Å². The van der Waals surface area contributed by atoms with Gasteiger partial charge in [-0.25, -0.2) is 9.78 Å². The molecule has 2 aromatic rings. The largest absolute Gasteiger partial charge is 0.481 e. The minimum atomic E-state index is -0.155. The van der Waals surface area contributed by atoms with Crippen molar-refractivity contribution in [3.8, 4) is 5.88 Å². The van der Waals surface area contributed by atoms with Crippen molar-refractivity contribution in [2.24, 2.45) is 5.92 Å². The number of rotatable bonds is 9. The lowest BCUT2D eigenvalue weighted by atomic mass is 9.68. The number of aromatic nitrogens is 1. The van der Waals surface area contributed by atoms with E-state index in [0.717, 1.165) is 32.2 Å². The number of nitrogens with one attached hydrogen (secondary N) is 1. The molecule has 3 fully saturated rings. The van der Waals surface area contributed by atoms with Crippen molar-refractivity contribution in [2.75, 3.05) is 46.2 Å². The molecule has 0 atom stereocenters. The zero-order chi connectivity index (χ0) is 26.8. The van der Waals surface area contributed by atoms with Gasteiger partial charge in [-0.1, -0.05) is 36.8 Å². The predicted molar refractivity (Wildman–Crippen MR) is 148 cm³/mol. The molecule has 38 heavy (non-hydrogen) atoms. The Bertz CT molecular complexity index is 1110. The Labute approximate surface area is 226 Å². The maximum absolute atomic E-state index is 13.7. The van der Waals surface area contributed by atoms with E-state index in [2.05, 4.69) is 64.5 Å². The summed E-state index contributed by atoms with van der Waals surface area (Å²) in [6, 6.07) is 14.4. The van der Waals surface area contributed by atoms with Crippen molar-refractivity contribution in [1.29, 1.82) is 0 Å². The van der Waals surface area contributed by atoms with Gasteiger partial charge in [-0.15, -0.1) is 0 Å². The normalized spacial score (nSPS) is 25.6. The highest BCUT2D eigenvalue weighted by Gasteiger charge is 2.54. The molecular weight excluding hydrogens is 478 g/mol. The van der Waals surface area contributed by atoms with Crippen molar-refractivity contribution in [3.05, 3.63) is 54.2 Å². The molecule has 3 aliphatic rings. The highest BCUT2D eigenvalue weighted by Crippen LogP contribution is 2.49. The van der Waals surface area contributed by atoms with Crippen molar-refractivity contribution in [1.82, 2.24) is 19.7 Å². The highest BCUT2D eigenvalue weighted by atomic mass is 16.5. The van der Waals surface area contributed by atoms with Crippen LogP contribution in [0.3, 0.4) is 0 Å². The molecule has 8 nitrogen and oxygen atoms in total. The van der Waals surface area contributed by atoms with E-state index in [0.29, 0.717) is 30.6 Å². The summed E-state index contributed by atoms with van der Waals surface area (Å²) in [5.41, 5.74) is 1.81. The van der Waals surface area contributed by atoms with Crippen molar-refractivity contribution >= 4 is 17.6 Å². The van der Waals surface area contributed by atoms with Crippen LogP contribution in [0.4, 0.5) is 10.5 Å². The van der Waals surface area contributed by atoms with E-state index in [4.69, 9.17) is 4.74 Å². The number of ether oxygens (including phenoxy) is 1. The van der Waals surface area contributed by atoms with E-state index < -0.39 is 0 Å². The van der Waals surface area contributed by atoms with Crippen LogP contribution in [0.1, 0.15) is 56.9 Å². The molecule has 204 valence electrons. The smallest absolute Gasteiger partial charge is 0.320 e. The number of nitrogens with zero attached hydrogens (tertiary/aromatic N) is 4. The number of methoxy groups -OCH3 is 1. The molecule has 1 aliphatic heterocycles. The molecule has 0 bridgehead atoms. The SMILES string of the molecule is COc1ccc(NC(=O)CCN2C[C@]3(CC[C@](c4ccccc4)(N(C)C)CC3)N(CC3CCC3)C2=O)cn1. The minimum absolute atomic E-state index is 0.0165. The number of carbonyl (C=O) groups excluding carboxylic acids is 2. The second-order valence-corrected chi connectivity index (χ2v) is 11.5. The molecule has 2 saturated carbocycles. The predicted octanol–water partition coefficient (Wildman–Crippen LogP) is 4.73. The molecule has 1 aromatic carbocycles. The van der Waals surface area contributed by atoms with Crippen LogP contribution in [0, 0.1) is 5.92 Å². The number of benzene rings is 1. The fourth-order valence-electron chi connectivity index (χ4n) is 6.60. The van der Waals surface area contributed by atoms with Gasteiger partial charge in [0.25, 0.3) is 0 Å². The number of amides is 3. The highest BCUT2D eigenvalue weighted by molar-refractivity contribution is 5.91. The standard InChI is InChI=1S/C30H41N5O3/c1-33(2)30(24-10-5-4-6-11-24)17-15-29(16-18-30)22-34(28(37)35(29)21-23-8-7-9-23)19-14-26(36)32-25-12-13-27(38-3)31-20-25/h4-6,10-13,20,23H,7-9,14-19,21-22H2,1-3H3,(H,32,36)/t29-,30+. The second kappa shape index (κ2) is 10.9. The molecule has 8 heteroatoms. The first-order chi connectivity index (χ1) is 18.3. The number of hydrogen-bond donors (Lipinski definition) is 1. The average molecular weight is 520 g/mol. The van der Waals surface area contributed by atoms with Crippen LogP contribution in [0.5, 0.6) is 5.88 Å². The Balaban J connectivity index is 1.27. The molecule has 3 amide bonds. The summed E-state index contributed by atoms with van der Waals surface area (Å²) in [7, 11) is 5.92. The fourth-order valence-corrected chi connectivity index (χ4v) is 6.60. The number of hydrogen-bond acceptors (Lipinski definition) is 5. The number of pyridine rings is 1. The average Bonchev–Trinajstić information content (AvgIpc) is 3.16. The van der Waals surface area contributed by atoms with Gasteiger partial charge in [0.15, 0.2) is 0 Å². The number of urea groups is 1. The van der Waals surface area contributed by atoms with E-state index in [9.17, 15) is 9.59 Å². The van der Waals surface area contributed by atoms with Gasteiger partial charge in [0.2, 0.25) is 11.8 Å². The summed E-state index contributed by atoms with van der Waals surface area (Å²) in [5.74, 6) is 0.993. The first-order valence-electron chi connectivity index (χ1n) is 13.9. The Morgan fingerprint density at radius 1 is 1.11 bits per heavy atom. The topological polar surface area (TPSA) is 78.0 Å². The van der Waals surface area contributed by atoms with Crippen LogP contribution in [0.15, 0.2) is 48.7 Å². The van der Waals surface area contributed by atoms with E-state index in [1.54, 1.807) is 25.4 Å². The maximum atomic E-state index is 13.7. The molecular formula is C30H41N5O3. The molecule has 5 rings (SSSR count). The monoisotopic (exact) mass is 519 g/mol. The Morgan fingerprint density at radius 3 is 2.42 bits per heavy atom. The van der Waals surface area contributed by atoms with E-state index in [1.165, 1.54) is 24.8 Å². The fraction of sp³-hybridized carbons (Fsp3) is 0.567. The van der Waals surface area contributed by atoms with E-state index >= 15 is 0 Å². The third-order valence-electron chi connectivity index (χ3n) is 9.24. The van der Waals surface area contributed by atoms with Crippen LogP contribution < -0.4 is 10.1 Å². The summed E-state index contributed by atoms with van der Waals surface area (Å²) < 4.78 is 5.08. The quantitative estimate of drug-likeness (QED) is 0.518. The van der Waals surface area contributed by atoms with Gasteiger partial charge < -0.3 is 19.9 Å². The van der Waals surface area contributed by atoms with Gasteiger partial charge in [-0.3, -0.25) is 9.69 Å². The molecule has 1 saturated heterocycles. The Kier molecular flexibility index (Phi) is 7.61. The summed E-state index contributed by atoms with van der Waals surface area (Å²) >= 11 is 0. The zero-order valence-corrected chi connectivity index (χ0v) is 23.0. The lowest BCUT2D eigenvalue weighted by Gasteiger charge is -2.51. The van der Waals surface area contributed by atoms with Crippen LogP contribution in [0.2, 0.25) is 0 Å². The van der Waals surface area contributed by atoms with Crippen molar-refractivity contribution < 1.29 is 14.3 Å². The third kappa shape index (κ3) is 5.10. The van der Waals surface area contributed by atoms with Crippen LogP contribution in [0.25, 0.3) is 0 Å². The maximum Gasteiger partial charge on any atom is 0.320 e. The molecule has 1 aromatic heterocycles. The van der Waals surface area contributed by atoms with Gasteiger partial charge in [0.05, 0.1) is 24.5 Å². The third-order valence-corrected chi connectivity index (χ3v) is 9.24. The number of anilines is 1. The van der Waals surface area contributed by atoms with Gasteiger partial charge in [0.1, 0.15) is 0 Å². The van der Waals surface area contributed by atoms with E-state index in [1.807, 2.05) is 4.90 Å². The molecule has 2 aliphatic carbocycles. The lowest BCUT2D eigenvalue weighted by Crippen LogP contribution is -2.56. The first kappa shape index (κ1) is 26.5. The Morgan fingerprint density at radius 2 is 1.84 bits per heavy atom. The van der Waals surface area contributed by atoms with Gasteiger partial charge in [0, 0.05) is 37.7 Å². The molecule has 1 N–H and O–H groups in total. The summed E-state index contributed by atoms with van der Waals surface area (Å²) in [5, 5.41) is 2.89. The number of carbonyl (C=O) groups is 2. The summed E-state index contributed by atoms with van der Waals surface area (Å²) in [4.78, 5) is 37.1. The van der Waals surface area contributed by atoms with Gasteiger partial charge in [-0.2, -0.15) is 0 Å². The molecule has 2 heterocycles. The molecule has 0 unspecified atom stereocenters. The second-order valence-electron chi connectivity index (χ2n) is 11.5.